The van der Waals surface area contributed by atoms with Gasteiger partial charge >= 0.3 is 6.03 Å². The van der Waals surface area contributed by atoms with Crippen molar-refractivity contribution in [3.05, 3.63) is 93.7 Å². The van der Waals surface area contributed by atoms with Crippen molar-refractivity contribution in [1.82, 2.24) is 9.78 Å². The first-order chi connectivity index (χ1) is 16.4. The average Bonchev–Trinajstić information content (AvgIpc) is 3.20. The Morgan fingerprint density at radius 1 is 1.00 bits per heavy atom. The quantitative estimate of drug-likeness (QED) is 0.237. The maximum absolute atomic E-state index is 12.7. The maximum Gasteiger partial charge on any atom is 0.323 e. The minimum absolute atomic E-state index is 0.0110. The maximum atomic E-state index is 12.7. The zero-order valence-corrected chi connectivity index (χ0v) is 21.2. The lowest BCUT2D eigenvalue weighted by Gasteiger charge is -2.15. The Morgan fingerprint density at radius 2 is 1.71 bits per heavy atom. The average molecular weight is 568 g/mol. The van der Waals surface area contributed by atoms with Crippen molar-refractivity contribution in [2.45, 2.75) is 20.0 Å². The first kappa shape index (κ1) is 23.8. The van der Waals surface area contributed by atoms with E-state index in [4.69, 9.17) is 9.47 Å². The predicted octanol–water partition coefficient (Wildman–Crippen LogP) is 6.93. The number of nitrogens with zero attached hydrogens (tertiary/aromatic N) is 2. The van der Waals surface area contributed by atoms with Crippen molar-refractivity contribution in [3.63, 3.8) is 0 Å². The number of ether oxygens (including phenoxy) is 2. The normalized spacial score (nSPS) is 11.6. The number of methoxy groups -OCH3 is 1. The van der Waals surface area contributed by atoms with E-state index in [1.54, 1.807) is 23.9 Å². The molecule has 1 atom stereocenters. The van der Waals surface area contributed by atoms with Crippen LogP contribution < -0.4 is 15.4 Å². The number of halogens is 1. The van der Waals surface area contributed by atoms with Crippen LogP contribution in [0.25, 0.3) is 5.69 Å². The van der Waals surface area contributed by atoms with Gasteiger partial charge < -0.3 is 20.1 Å². The largest absolute Gasteiger partial charge is 0.437 e. The van der Waals surface area contributed by atoms with Crippen LogP contribution in [0.15, 0.2) is 78.9 Å². The zero-order valence-electron chi connectivity index (χ0n) is 19.1. The number of urea groups is 1. The van der Waals surface area contributed by atoms with Crippen LogP contribution in [0, 0.1) is 10.5 Å². The Kier molecular flexibility index (Phi) is 7.49. The van der Waals surface area contributed by atoms with Gasteiger partial charge in [0.1, 0.15) is 0 Å². The summed E-state index contributed by atoms with van der Waals surface area (Å²) < 4.78 is 14.3. The minimum atomic E-state index is -0.370. The number of para-hydroxylation sites is 3. The van der Waals surface area contributed by atoms with Crippen molar-refractivity contribution in [3.8, 4) is 17.3 Å². The highest BCUT2D eigenvalue weighted by Crippen LogP contribution is 2.32. The number of aryl methyl sites for hydroxylation is 1. The van der Waals surface area contributed by atoms with Crippen molar-refractivity contribution in [2.24, 2.45) is 0 Å². The third-order valence-corrected chi connectivity index (χ3v) is 6.13. The molecule has 0 spiro atoms. The Hall–Kier alpha value is -3.37. The van der Waals surface area contributed by atoms with Gasteiger partial charge in [-0.15, -0.1) is 0 Å². The SMILES string of the molecule is COC(C)c1ccc(NC(=O)Nc2ccccc2Oc2cc(C)nn2-c2ccccc2I)cc1. The number of rotatable bonds is 7. The predicted molar refractivity (Wildman–Crippen MR) is 142 cm³/mol. The molecule has 0 aliphatic carbocycles. The molecule has 0 aliphatic rings. The fraction of sp³-hybridized carbons (Fsp3) is 0.154. The lowest BCUT2D eigenvalue weighted by molar-refractivity contribution is 0.119. The lowest BCUT2D eigenvalue weighted by atomic mass is 10.1. The Balaban J connectivity index is 1.51. The summed E-state index contributed by atoms with van der Waals surface area (Å²) in [6.07, 6.45) is -0.0110. The molecule has 0 saturated carbocycles. The summed E-state index contributed by atoms with van der Waals surface area (Å²) in [6.45, 7) is 3.88. The fourth-order valence-electron chi connectivity index (χ4n) is 3.37. The summed E-state index contributed by atoms with van der Waals surface area (Å²) >= 11 is 2.27. The summed E-state index contributed by atoms with van der Waals surface area (Å²) in [4.78, 5) is 12.7. The topological polar surface area (TPSA) is 77.4 Å². The molecule has 3 aromatic carbocycles. The van der Waals surface area contributed by atoms with Crippen LogP contribution in [-0.2, 0) is 4.74 Å². The van der Waals surface area contributed by atoms with Gasteiger partial charge in [0.2, 0.25) is 5.88 Å². The number of amides is 2. The van der Waals surface area contributed by atoms with E-state index in [-0.39, 0.29) is 12.1 Å². The third kappa shape index (κ3) is 5.57. The molecule has 174 valence electrons. The molecule has 0 fully saturated rings. The molecule has 1 unspecified atom stereocenters. The fourth-order valence-corrected chi connectivity index (χ4v) is 3.99. The molecule has 34 heavy (non-hydrogen) atoms. The third-order valence-electron chi connectivity index (χ3n) is 5.22. The molecule has 0 radical (unpaired) electrons. The first-order valence-electron chi connectivity index (χ1n) is 10.7. The van der Waals surface area contributed by atoms with Crippen LogP contribution in [0.2, 0.25) is 0 Å². The molecule has 1 heterocycles. The van der Waals surface area contributed by atoms with Crippen LogP contribution >= 0.6 is 22.6 Å². The van der Waals surface area contributed by atoms with E-state index in [2.05, 4.69) is 38.3 Å². The van der Waals surface area contributed by atoms with Crippen molar-refractivity contribution in [1.29, 1.82) is 0 Å². The number of carbonyl (C=O) groups is 1. The van der Waals surface area contributed by atoms with Gasteiger partial charge in [0, 0.05) is 22.4 Å². The molecule has 4 rings (SSSR count). The highest BCUT2D eigenvalue weighted by molar-refractivity contribution is 14.1. The van der Waals surface area contributed by atoms with Crippen molar-refractivity contribution in [2.75, 3.05) is 17.7 Å². The highest BCUT2D eigenvalue weighted by Gasteiger charge is 2.15. The second-order valence-electron chi connectivity index (χ2n) is 7.66. The van der Waals surface area contributed by atoms with Gasteiger partial charge in [0.05, 0.1) is 23.2 Å². The smallest absolute Gasteiger partial charge is 0.323 e. The van der Waals surface area contributed by atoms with Gasteiger partial charge in [-0.1, -0.05) is 36.4 Å². The van der Waals surface area contributed by atoms with E-state index in [1.165, 1.54) is 0 Å². The first-order valence-corrected chi connectivity index (χ1v) is 11.8. The number of anilines is 2. The second-order valence-corrected chi connectivity index (χ2v) is 8.83. The molecule has 0 saturated heterocycles. The van der Waals surface area contributed by atoms with Crippen LogP contribution in [0.3, 0.4) is 0 Å². The molecule has 8 heteroatoms. The molecule has 4 aromatic rings. The van der Waals surface area contributed by atoms with E-state index in [9.17, 15) is 4.79 Å². The summed E-state index contributed by atoms with van der Waals surface area (Å²) in [6, 6.07) is 24.3. The van der Waals surface area contributed by atoms with Gasteiger partial charge in [-0.25, -0.2) is 4.79 Å². The van der Waals surface area contributed by atoms with Crippen LogP contribution in [0.5, 0.6) is 11.6 Å². The van der Waals surface area contributed by atoms with Crippen LogP contribution in [-0.4, -0.2) is 22.9 Å². The molecule has 7 nitrogen and oxygen atoms in total. The minimum Gasteiger partial charge on any atom is -0.437 e. The van der Waals surface area contributed by atoms with Gasteiger partial charge in [-0.2, -0.15) is 9.78 Å². The molecule has 2 N–H and O–H groups in total. The monoisotopic (exact) mass is 568 g/mol. The molecule has 1 aromatic heterocycles. The van der Waals surface area contributed by atoms with Crippen LogP contribution in [0.1, 0.15) is 24.3 Å². The van der Waals surface area contributed by atoms with E-state index >= 15 is 0 Å². The van der Waals surface area contributed by atoms with Crippen LogP contribution in [0.4, 0.5) is 16.2 Å². The summed E-state index contributed by atoms with van der Waals surface area (Å²) in [5, 5.41) is 10.3. The lowest BCUT2D eigenvalue weighted by Crippen LogP contribution is -2.19. The van der Waals surface area contributed by atoms with E-state index in [1.807, 2.05) is 80.6 Å². The van der Waals surface area contributed by atoms with Crippen molar-refractivity contribution >= 4 is 40.0 Å². The van der Waals surface area contributed by atoms with Gasteiger partial charge in [0.15, 0.2) is 5.75 Å². The summed E-state index contributed by atoms with van der Waals surface area (Å²) in [7, 11) is 1.67. The van der Waals surface area contributed by atoms with Gasteiger partial charge in [0.25, 0.3) is 0 Å². The van der Waals surface area contributed by atoms with E-state index in [0.29, 0.717) is 23.0 Å². The highest BCUT2D eigenvalue weighted by atomic mass is 127. The van der Waals surface area contributed by atoms with Gasteiger partial charge in [-0.05, 0) is 78.4 Å². The number of aromatic nitrogens is 2. The summed E-state index contributed by atoms with van der Waals surface area (Å²) in [5.41, 5.74) is 3.99. The number of nitrogens with one attached hydrogen (secondary N) is 2. The molecule has 2 amide bonds. The standard InChI is InChI=1S/C26H25IN4O3/c1-17-16-25(31(30-17)23-10-6-4-8-21(23)27)34-24-11-7-5-9-22(24)29-26(32)28-20-14-12-19(13-15-20)18(2)33-3/h4-16,18H,1-3H3,(H2,28,29,32). The second kappa shape index (κ2) is 10.7. The number of benzene rings is 3. The number of hydrogen-bond donors (Lipinski definition) is 2. The number of hydrogen-bond acceptors (Lipinski definition) is 4. The van der Waals surface area contributed by atoms with Gasteiger partial charge in [-0.3, -0.25) is 0 Å². The Morgan fingerprint density at radius 3 is 2.44 bits per heavy atom. The Labute approximate surface area is 212 Å². The molecular formula is C26H25IN4O3. The summed E-state index contributed by atoms with van der Waals surface area (Å²) in [5.74, 6) is 1.06. The van der Waals surface area contributed by atoms with Crippen molar-refractivity contribution < 1.29 is 14.3 Å². The zero-order chi connectivity index (χ0) is 24.1. The molecule has 0 aliphatic heterocycles. The van der Waals surface area contributed by atoms with E-state index in [0.717, 1.165) is 20.5 Å². The molecular weight excluding hydrogens is 543 g/mol. The Bertz CT molecular complexity index is 1290. The number of carbonyl (C=O) groups excluding carboxylic acids is 1. The van der Waals surface area contributed by atoms with E-state index < -0.39 is 0 Å². The molecule has 0 bridgehead atoms.